The molecule has 0 amide bonds. The molecule has 0 radical (unpaired) electrons. The van der Waals surface area contributed by atoms with Gasteiger partial charge in [0.25, 0.3) is 0 Å². The van der Waals surface area contributed by atoms with Gasteiger partial charge in [0.2, 0.25) is 0 Å². The maximum atomic E-state index is 2.43. The summed E-state index contributed by atoms with van der Waals surface area (Å²) in [6, 6.07) is 0. The second-order valence-electron chi connectivity index (χ2n) is 4.86. The molecule has 1 saturated carbocycles. The van der Waals surface area contributed by atoms with Gasteiger partial charge in [-0.3, -0.25) is 0 Å². The van der Waals surface area contributed by atoms with E-state index >= 15 is 0 Å². The van der Waals surface area contributed by atoms with E-state index in [1.54, 1.807) is 0 Å². The van der Waals surface area contributed by atoms with Crippen LogP contribution in [0.4, 0.5) is 0 Å². The molecule has 84 valence electrons. The van der Waals surface area contributed by atoms with Crippen molar-refractivity contribution in [3.8, 4) is 0 Å². The fraction of sp³-hybridized carbons (Fsp3) is 1.00. The van der Waals surface area contributed by atoms with Crippen LogP contribution in [0.3, 0.4) is 0 Å². The van der Waals surface area contributed by atoms with E-state index < -0.39 is 0 Å². The third-order valence-electron chi connectivity index (χ3n) is 3.66. The summed E-state index contributed by atoms with van der Waals surface area (Å²) in [6.45, 7) is 7.21. The first kappa shape index (κ1) is 12.8. The zero-order chi connectivity index (χ0) is 10.7. The molecule has 0 saturated heterocycles. The number of hydrogen-bond donors (Lipinski definition) is 0. The Balaban J connectivity index is 2.72. The molecule has 1 aliphatic rings. The summed E-state index contributed by atoms with van der Waals surface area (Å²) in [7, 11) is 0. The molecule has 14 heavy (non-hydrogen) atoms. The molecule has 2 heteroatoms. The Hall–Kier alpha value is 0.700. The smallest absolute Gasteiger partial charge is 0.0196 e. The quantitative estimate of drug-likeness (QED) is 0.717. The Bertz CT molecular complexity index is 166. The van der Waals surface area contributed by atoms with E-state index in [0.717, 1.165) is 28.3 Å². The van der Waals surface area contributed by atoms with Gasteiger partial charge in [-0.25, -0.2) is 0 Å². The average Bonchev–Trinajstić information content (AvgIpc) is 2.16. The first-order valence-electron chi connectivity index (χ1n) is 5.67. The van der Waals surface area contributed by atoms with Crippen LogP contribution in [0.15, 0.2) is 0 Å². The third-order valence-corrected chi connectivity index (χ3v) is 6.32. The van der Waals surface area contributed by atoms with Crippen molar-refractivity contribution in [1.82, 2.24) is 0 Å². The highest BCUT2D eigenvalue weighted by Crippen LogP contribution is 2.43. The first-order chi connectivity index (χ1) is 6.61. The zero-order valence-corrected chi connectivity index (χ0v) is 11.8. The summed E-state index contributed by atoms with van der Waals surface area (Å²) in [4.78, 5) is 0. The summed E-state index contributed by atoms with van der Waals surface area (Å²) in [5.41, 5.74) is 0. The molecule has 0 aliphatic heterocycles. The molecule has 0 N–H and O–H groups in total. The Kier molecular flexibility index (Phi) is 5.19. The molecular formula is C12H24S2. The van der Waals surface area contributed by atoms with E-state index in [1.165, 1.54) is 12.8 Å². The highest BCUT2D eigenvalue weighted by Gasteiger charge is 2.37. The van der Waals surface area contributed by atoms with Crippen LogP contribution in [0.1, 0.15) is 33.6 Å². The predicted octanol–water partition coefficient (Wildman–Crippen LogP) is 4.15. The van der Waals surface area contributed by atoms with Crippen LogP contribution in [0.5, 0.6) is 0 Å². The van der Waals surface area contributed by atoms with E-state index in [0.29, 0.717) is 0 Å². The molecule has 0 heterocycles. The molecule has 0 aromatic heterocycles. The lowest BCUT2D eigenvalue weighted by molar-refractivity contribution is 0.252. The van der Waals surface area contributed by atoms with Crippen LogP contribution < -0.4 is 0 Å². The molecule has 4 atom stereocenters. The molecule has 1 fully saturated rings. The Morgan fingerprint density at radius 1 is 1.00 bits per heavy atom. The number of rotatable bonds is 3. The minimum atomic E-state index is 0.856. The molecule has 0 spiro atoms. The van der Waals surface area contributed by atoms with Crippen molar-refractivity contribution < 1.29 is 0 Å². The van der Waals surface area contributed by atoms with Crippen molar-refractivity contribution in [1.29, 1.82) is 0 Å². The summed E-state index contributed by atoms with van der Waals surface area (Å²) >= 11 is 4.18. The van der Waals surface area contributed by atoms with Crippen molar-refractivity contribution in [3.63, 3.8) is 0 Å². The monoisotopic (exact) mass is 232 g/mol. The van der Waals surface area contributed by atoms with E-state index in [2.05, 4.69) is 56.8 Å². The Morgan fingerprint density at radius 3 is 2.00 bits per heavy atom. The topological polar surface area (TPSA) is 0 Å². The molecule has 0 nitrogen and oxygen atoms in total. The van der Waals surface area contributed by atoms with Crippen LogP contribution in [0, 0.1) is 17.8 Å². The van der Waals surface area contributed by atoms with Crippen molar-refractivity contribution in [2.24, 2.45) is 17.8 Å². The normalized spacial score (nSPS) is 39.0. The van der Waals surface area contributed by atoms with Crippen LogP contribution in [-0.4, -0.2) is 23.0 Å². The highest BCUT2D eigenvalue weighted by molar-refractivity contribution is 8.03. The predicted molar refractivity (Wildman–Crippen MR) is 71.3 cm³/mol. The van der Waals surface area contributed by atoms with Gasteiger partial charge in [-0.2, -0.15) is 23.5 Å². The van der Waals surface area contributed by atoms with E-state index in [9.17, 15) is 0 Å². The van der Waals surface area contributed by atoms with Gasteiger partial charge >= 0.3 is 0 Å². The maximum absolute atomic E-state index is 2.43. The molecule has 0 aromatic rings. The van der Waals surface area contributed by atoms with Crippen LogP contribution in [0.25, 0.3) is 0 Å². The summed E-state index contributed by atoms with van der Waals surface area (Å²) in [6.07, 6.45) is 7.46. The van der Waals surface area contributed by atoms with Gasteiger partial charge < -0.3 is 0 Å². The van der Waals surface area contributed by atoms with Gasteiger partial charge in [-0.05, 0) is 43.1 Å². The second kappa shape index (κ2) is 5.69. The lowest BCUT2D eigenvalue weighted by Gasteiger charge is -2.42. The SMILES string of the molecule is CS[C@@H]1C(C)CCC(C(C)C)[C@H]1SC. The fourth-order valence-corrected chi connectivity index (χ4v) is 5.81. The van der Waals surface area contributed by atoms with Gasteiger partial charge in [-0.1, -0.05) is 20.8 Å². The molecule has 1 aliphatic carbocycles. The lowest BCUT2D eigenvalue weighted by atomic mass is 9.77. The maximum Gasteiger partial charge on any atom is 0.0196 e. The van der Waals surface area contributed by atoms with Crippen LogP contribution >= 0.6 is 23.5 Å². The first-order valence-corrected chi connectivity index (χ1v) is 8.25. The second-order valence-corrected chi connectivity index (χ2v) is 6.89. The largest absolute Gasteiger partial charge is 0.161 e. The Morgan fingerprint density at radius 2 is 1.57 bits per heavy atom. The molecule has 2 unspecified atom stereocenters. The molecule has 1 rings (SSSR count). The van der Waals surface area contributed by atoms with Crippen molar-refractivity contribution in [3.05, 3.63) is 0 Å². The standard InChI is InChI=1S/C12H24S2/c1-8(2)10-7-6-9(3)11(13-4)12(10)14-5/h8-12H,6-7H2,1-5H3/t9?,10?,11-,12-/m1/s1. The van der Waals surface area contributed by atoms with Crippen molar-refractivity contribution in [2.45, 2.75) is 44.1 Å². The number of thioether (sulfide) groups is 2. The van der Waals surface area contributed by atoms with Crippen LogP contribution in [-0.2, 0) is 0 Å². The van der Waals surface area contributed by atoms with Gasteiger partial charge in [-0.15, -0.1) is 0 Å². The minimum absolute atomic E-state index is 0.856. The molecule has 0 bridgehead atoms. The zero-order valence-electron chi connectivity index (χ0n) is 10.1. The van der Waals surface area contributed by atoms with Crippen LogP contribution in [0.2, 0.25) is 0 Å². The van der Waals surface area contributed by atoms with E-state index in [4.69, 9.17) is 0 Å². The summed E-state index contributed by atoms with van der Waals surface area (Å²) in [5.74, 6) is 2.71. The van der Waals surface area contributed by atoms with Crippen molar-refractivity contribution >= 4 is 23.5 Å². The lowest BCUT2D eigenvalue weighted by Crippen LogP contribution is -2.40. The van der Waals surface area contributed by atoms with Gasteiger partial charge in [0, 0.05) is 10.5 Å². The number of hydrogen-bond acceptors (Lipinski definition) is 2. The Labute approximate surface area is 98.0 Å². The van der Waals surface area contributed by atoms with E-state index in [-0.39, 0.29) is 0 Å². The van der Waals surface area contributed by atoms with Gasteiger partial charge in [0.15, 0.2) is 0 Å². The molecular weight excluding hydrogens is 208 g/mol. The fourth-order valence-electron chi connectivity index (χ4n) is 2.74. The third kappa shape index (κ3) is 2.63. The highest BCUT2D eigenvalue weighted by atomic mass is 32.2. The van der Waals surface area contributed by atoms with E-state index in [1.807, 2.05) is 0 Å². The average molecular weight is 232 g/mol. The van der Waals surface area contributed by atoms with Crippen molar-refractivity contribution in [2.75, 3.05) is 12.5 Å². The van der Waals surface area contributed by atoms with Gasteiger partial charge in [0.05, 0.1) is 0 Å². The molecule has 0 aromatic carbocycles. The van der Waals surface area contributed by atoms with Gasteiger partial charge in [0.1, 0.15) is 0 Å². The minimum Gasteiger partial charge on any atom is -0.161 e. The summed E-state index contributed by atoms with van der Waals surface area (Å²) in [5, 5.41) is 1.76. The summed E-state index contributed by atoms with van der Waals surface area (Å²) < 4.78 is 0.